The maximum absolute atomic E-state index is 12.8. The van der Waals surface area contributed by atoms with Crippen LogP contribution >= 0.6 is 11.3 Å². The van der Waals surface area contributed by atoms with Crippen molar-refractivity contribution in [3.05, 3.63) is 51.5 Å². The minimum atomic E-state index is 0.00349. The molecule has 0 bridgehead atoms. The van der Waals surface area contributed by atoms with Crippen LogP contribution in [0.25, 0.3) is 0 Å². The lowest BCUT2D eigenvalue weighted by Gasteiger charge is -2.26. The number of thiophene rings is 1. The maximum atomic E-state index is 12.8. The van der Waals surface area contributed by atoms with Gasteiger partial charge >= 0.3 is 0 Å². The third-order valence-electron chi connectivity index (χ3n) is 5.71. The average molecular weight is 398 g/mol. The lowest BCUT2D eigenvalue weighted by Crippen LogP contribution is -2.35. The van der Waals surface area contributed by atoms with Crippen LogP contribution < -0.4 is 5.32 Å². The van der Waals surface area contributed by atoms with Gasteiger partial charge in [-0.05, 0) is 62.3 Å². The Bertz CT molecular complexity index is 828. The van der Waals surface area contributed by atoms with Crippen LogP contribution in [-0.2, 0) is 24.1 Å². The van der Waals surface area contributed by atoms with Crippen LogP contribution in [0.5, 0.6) is 0 Å². The predicted octanol–water partition coefficient (Wildman–Crippen LogP) is 3.23. The quantitative estimate of drug-likeness (QED) is 0.843. The zero-order chi connectivity index (χ0) is 19.3. The van der Waals surface area contributed by atoms with Gasteiger partial charge in [0.1, 0.15) is 0 Å². The molecule has 0 radical (unpaired) electrons. The van der Waals surface area contributed by atoms with Gasteiger partial charge in [0.15, 0.2) is 0 Å². The van der Waals surface area contributed by atoms with Gasteiger partial charge in [0.2, 0.25) is 5.91 Å². The first kappa shape index (κ1) is 19.1. The highest BCUT2D eigenvalue weighted by atomic mass is 32.1. The standard InChI is InChI=1S/C22H27N3O2S/c26-21(24-11-9-18-6-2-3-10-23-18)16-7-8-19-17(14-16)15-20(28-19)22(27)25-12-4-1-5-13-25/h2-3,6,10,15-16H,1,4-5,7-9,11-14H2,(H,24,26)/t16-/m1/s1. The van der Waals surface area contributed by atoms with Gasteiger partial charge in [-0.25, -0.2) is 0 Å². The molecule has 1 atom stereocenters. The highest BCUT2D eigenvalue weighted by molar-refractivity contribution is 7.14. The molecule has 148 valence electrons. The van der Waals surface area contributed by atoms with E-state index in [1.54, 1.807) is 17.5 Å². The number of rotatable bonds is 5. The van der Waals surface area contributed by atoms with Crippen molar-refractivity contribution in [3.8, 4) is 0 Å². The average Bonchev–Trinajstić information content (AvgIpc) is 3.18. The number of hydrogen-bond donors (Lipinski definition) is 1. The van der Waals surface area contributed by atoms with Crippen LogP contribution in [0, 0.1) is 5.92 Å². The molecule has 0 saturated carbocycles. The smallest absolute Gasteiger partial charge is 0.263 e. The number of hydrogen-bond acceptors (Lipinski definition) is 4. The number of carbonyl (C=O) groups is 2. The van der Waals surface area contributed by atoms with Gasteiger partial charge < -0.3 is 10.2 Å². The summed E-state index contributed by atoms with van der Waals surface area (Å²) < 4.78 is 0. The van der Waals surface area contributed by atoms with E-state index in [0.717, 1.165) is 62.2 Å². The summed E-state index contributed by atoms with van der Waals surface area (Å²) in [5, 5.41) is 3.06. The number of nitrogens with zero attached hydrogens (tertiary/aromatic N) is 2. The molecule has 1 aliphatic heterocycles. The van der Waals surface area contributed by atoms with Crippen LogP contribution in [0.3, 0.4) is 0 Å². The summed E-state index contributed by atoms with van der Waals surface area (Å²) in [7, 11) is 0. The van der Waals surface area contributed by atoms with Crippen molar-refractivity contribution in [3.63, 3.8) is 0 Å². The van der Waals surface area contributed by atoms with Crippen LogP contribution in [-0.4, -0.2) is 41.3 Å². The molecule has 5 nitrogen and oxygen atoms in total. The van der Waals surface area contributed by atoms with Crippen molar-refractivity contribution in [1.29, 1.82) is 0 Å². The Labute approximate surface area is 170 Å². The first-order valence-electron chi connectivity index (χ1n) is 10.3. The molecule has 0 spiro atoms. The molecular weight excluding hydrogens is 370 g/mol. The molecule has 28 heavy (non-hydrogen) atoms. The number of aromatic nitrogens is 1. The number of carbonyl (C=O) groups excluding carboxylic acids is 2. The number of fused-ring (bicyclic) bond motifs is 1. The van der Waals surface area contributed by atoms with Gasteiger partial charge in [0.25, 0.3) is 5.91 Å². The van der Waals surface area contributed by atoms with Crippen molar-refractivity contribution < 1.29 is 9.59 Å². The molecule has 1 N–H and O–H groups in total. The summed E-state index contributed by atoms with van der Waals surface area (Å²) in [5.41, 5.74) is 2.19. The van der Waals surface area contributed by atoms with Gasteiger partial charge in [-0.1, -0.05) is 6.07 Å². The molecule has 0 aromatic carbocycles. The molecule has 6 heteroatoms. The minimum absolute atomic E-state index is 0.00349. The number of amides is 2. The van der Waals surface area contributed by atoms with E-state index in [-0.39, 0.29) is 17.7 Å². The highest BCUT2D eigenvalue weighted by Crippen LogP contribution is 2.33. The van der Waals surface area contributed by atoms with Crippen molar-refractivity contribution in [2.75, 3.05) is 19.6 Å². The monoisotopic (exact) mass is 397 g/mol. The van der Waals surface area contributed by atoms with Gasteiger partial charge in [-0.2, -0.15) is 0 Å². The second-order valence-electron chi connectivity index (χ2n) is 7.71. The van der Waals surface area contributed by atoms with Gasteiger partial charge in [-0.3, -0.25) is 14.6 Å². The van der Waals surface area contributed by atoms with E-state index >= 15 is 0 Å². The van der Waals surface area contributed by atoms with Crippen LogP contribution in [0.15, 0.2) is 30.5 Å². The Hall–Kier alpha value is -2.21. The number of pyridine rings is 1. The maximum Gasteiger partial charge on any atom is 0.263 e. The van der Waals surface area contributed by atoms with Crippen molar-refractivity contribution >= 4 is 23.2 Å². The van der Waals surface area contributed by atoms with Crippen molar-refractivity contribution in [1.82, 2.24) is 15.2 Å². The topological polar surface area (TPSA) is 62.3 Å². The van der Waals surface area contributed by atoms with E-state index in [1.165, 1.54) is 16.9 Å². The molecule has 1 fully saturated rings. The van der Waals surface area contributed by atoms with Gasteiger partial charge in [0, 0.05) is 48.7 Å². The molecule has 2 aromatic heterocycles. The number of likely N-dealkylation sites (tertiary alicyclic amines) is 1. The third kappa shape index (κ3) is 4.43. The molecule has 1 aliphatic carbocycles. The van der Waals surface area contributed by atoms with Gasteiger partial charge in [0.05, 0.1) is 4.88 Å². The second-order valence-corrected chi connectivity index (χ2v) is 8.85. The second kappa shape index (κ2) is 8.86. The van der Waals surface area contributed by atoms with Gasteiger partial charge in [-0.15, -0.1) is 11.3 Å². The summed E-state index contributed by atoms with van der Waals surface area (Å²) in [6, 6.07) is 7.88. The van der Waals surface area contributed by atoms with Crippen LogP contribution in [0.1, 0.15) is 51.5 Å². The molecule has 4 rings (SSSR count). The lowest BCUT2D eigenvalue weighted by molar-refractivity contribution is -0.125. The molecular formula is C22H27N3O2S. The van der Waals surface area contributed by atoms with E-state index < -0.39 is 0 Å². The zero-order valence-corrected chi connectivity index (χ0v) is 17.0. The van der Waals surface area contributed by atoms with Crippen molar-refractivity contribution in [2.24, 2.45) is 5.92 Å². The molecule has 2 aliphatic rings. The molecule has 0 unspecified atom stereocenters. The van der Waals surface area contributed by atoms with E-state index in [4.69, 9.17) is 0 Å². The number of nitrogens with one attached hydrogen (secondary N) is 1. The van der Waals surface area contributed by atoms with E-state index in [2.05, 4.69) is 10.3 Å². The Morgan fingerprint density at radius 3 is 2.86 bits per heavy atom. The summed E-state index contributed by atoms with van der Waals surface area (Å²) in [6.07, 6.45) is 8.47. The van der Waals surface area contributed by atoms with E-state index in [9.17, 15) is 9.59 Å². The Morgan fingerprint density at radius 2 is 2.07 bits per heavy atom. The summed E-state index contributed by atoms with van der Waals surface area (Å²) >= 11 is 1.63. The minimum Gasteiger partial charge on any atom is -0.355 e. The fourth-order valence-corrected chi connectivity index (χ4v) is 5.29. The SMILES string of the molecule is O=C(NCCc1ccccn1)[C@@H]1CCc2sc(C(=O)N3CCCCC3)cc2C1. The summed E-state index contributed by atoms with van der Waals surface area (Å²) in [6.45, 7) is 2.37. The number of aryl methyl sites for hydroxylation is 1. The molecule has 3 heterocycles. The molecule has 2 aromatic rings. The van der Waals surface area contributed by atoms with Crippen LogP contribution in [0.2, 0.25) is 0 Å². The lowest BCUT2D eigenvalue weighted by atomic mass is 9.87. The Morgan fingerprint density at radius 1 is 1.21 bits per heavy atom. The van der Waals surface area contributed by atoms with E-state index in [1.807, 2.05) is 29.2 Å². The van der Waals surface area contributed by atoms with Crippen LogP contribution in [0.4, 0.5) is 0 Å². The first-order valence-corrected chi connectivity index (χ1v) is 11.1. The fraction of sp³-hybridized carbons (Fsp3) is 0.500. The third-order valence-corrected chi connectivity index (χ3v) is 6.94. The molecule has 2 amide bonds. The van der Waals surface area contributed by atoms with E-state index in [0.29, 0.717) is 6.54 Å². The predicted molar refractivity (Wildman–Crippen MR) is 111 cm³/mol. The summed E-state index contributed by atoms with van der Waals surface area (Å²) in [5.74, 6) is 0.302. The fourth-order valence-electron chi connectivity index (χ4n) is 4.11. The zero-order valence-electron chi connectivity index (χ0n) is 16.2. The Kier molecular flexibility index (Phi) is 6.05. The first-order chi connectivity index (χ1) is 13.7. The van der Waals surface area contributed by atoms with Crippen molar-refractivity contribution in [2.45, 2.75) is 44.9 Å². The summed E-state index contributed by atoms with van der Waals surface area (Å²) in [4.78, 5) is 33.8. The number of piperidine rings is 1. The Balaban J connectivity index is 1.32. The largest absolute Gasteiger partial charge is 0.355 e. The normalized spacial score (nSPS) is 19.1. The highest BCUT2D eigenvalue weighted by Gasteiger charge is 2.28. The molecule has 1 saturated heterocycles.